The number of benzene rings is 7. The lowest BCUT2D eigenvalue weighted by Crippen LogP contribution is -2.01. The molecule has 0 fully saturated rings. The molecule has 0 spiro atoms. The Morgan fingerprint density at radius 2 is 0.652 bits per heavy atom. The highest BCUT2D eigenvalue weighted by Gasteiger charge is 2.18. The summed E-state index contributed by atoms with van der Waals surface area (Å²) >= 11 is 0. The summed E-state index contributed by atoms with van der Waals surface area (Å²) in [6.07, 6.45) is 0. The average Bonchev–Trinajstić information content (AvgIpc) is 3.15. The third kappa shape index (κ3) is 5.36. The van der Waals surface area contributed by atoms with E-state index in [0.29, 0.717) is 17.5 Å². The zero-order valence-electron chi connectivity index (χ0n) is 25.1. The topological polar surface area (TPSA) is 38.7 Å². The number of nitrogens with zero attached hydrogens (tertiary/aromatic N) is 3. The molecular formula is C43H29N3. The molecule has 0 aliphatic carbocycles. The predicted molar refractivity (Wildman–Crippen MR) is 190 cm³/mol. The van der Waals surface area contributed by atoms with Crippen molar-refractivity contribution in [1.82, 2.24) is 15.0 Å². The smallest absolute Gasteiger partial charge is 0.164 e. The van der Waals surface area contributed by atoms with Crippen LogP contribution in [0, 0.1) is 0 Å². The quantitative estimate of drug-likeness (QED) is 0.194. The Bertz CT molecular complexity index is 2160. The number of hydrogen-bond donors (Lipinski definition) is 0. The molecule has 3 nitrogen and oxygen atoms in total. The maximum Gasteiger partial charge on any atom is 0.164 e. The Hall–Kier alpha value is -6.19. The van der Waals surface area contributed by atoms with Crippen LogP contribution in [-0.4, -0.2) is 15.0 Å². The molecule has 8 rings (SSSR count). The Balaban J connectivity index is 1.31. The predicted octanol–water partition coefficient (Wildman–Crippen LogP) is 11.0. The molecule has 0 aliphatic heterocycles. The number of rotatable bonds is 6. The van der Waals surface area contributed by atoms with Gasteiger partial charge in [0.05, 0.1) is 0 Å². The van der Waals surface area contributed by atoms with Gasteiger partial charge in [-0.15, -0.1) is 0 Å². The van der Waals surface area contributed by atoms with E-state index in [0.717, 1.165) is 44.3 Å². The van der Waals surface area contributed by atoms with E-state index < -0.39 is 0 Å². The highest BCUT2D eigenvalue weighted by Crippen LogP contribution is 2.38. The first-order chi connectivity index (χ1) is 22.8. The van der Waals surface area contributed by atoms with E-state index in [1.165, 1.54) is 16.5 Å². The summed E-state index contributed by atoms with van der Waals surface area (Å²) in [7, 11) is 0. The summed E-state index contributed by atoms with van der Waals surface area (Å²) in [6.45, 7) is 0. The van der Waals surface area contributed by atoms with Crippen LogP contribution in [0.25, 0.3) is 78.3 Å². The SMILES string of the molecule is c1ccc(-c2ccc(-c3nc(-c4ccc(-c5ccccc5)cc4)nc(-c4ccc5ccccc5c4-c4ccccc4)n3)cc2)cc1. The second kappa shape index (κ2) is 12.1. The molecule has 0 saturated carbocycles. The lowest BCUT2D eigenvalue weighted by molar-refractivity contribution is 1.07. The first-order valence-corrected chi connectivity index (χ1v) is 15.5. The van der Waals surface area contributed by atoms with Gasteiger partial charge in [0.2, 0.25) is 0 Å². The molecule has 8 aromatic rings. The summed E-state index contributed by atoms with van der Waals surface area (Å²) < 4.78 is 0. The minimum atomic E-state index is 0.638. The van der Waals surface area contributed by atoms with Crippen molar-refractivity contribution in [3.63, 3.8) is 0 Å². The normalized spacial score (nSPS) is 11.0. The minimum Gasteiger partial charge on any atom is -0.208 e. The zero-order valence-corrected chi connectivity index (χ0v) is 25.1. The number of aromatic nitrogens is 3. The van der Waals surface area contributed by atoms with E-state index in [9.17, 15) is 0 Å². The number of hydrogen-bond acceptors (Lipinski definition) is 3. The van der Waals surface area contributed by atoms with Crippen molar-refractivity contribution in [3.8, 4) is 67.5 Å². The third-order valence-corrected chi connectivity index (χ3v) is 8.37. The van der Waals surface area contributed by atoms with Crippen LogP contribution < -0.4 is 0 Å². The fourth-order valence-electron chi connectivity index (χ4n) is 6.01. The Morgan fingerprint density at radius 3 is 1.17 bits per heavy atom. The molecule has 216 valence electrons. The second-order valence-electron chi connectivity index (χ2n) is 11.3. The van der Waals surface area contributed by atoms with Crippen LogP contribution in [0.15, 0.2) is 176 Å². The maximum absolute atomic E-state index is 5.14. The molecule has 0 N–H and O–H groups in total. The molecule has 0 radical (unpaired) electrons. The van der Waals surface area contributed by atoms with Gasteiger partial charge in [-0.2, -0.15) is 0 Å². The van der Waals surface area contributed by atoms with Crippen LogP contribution in [0.1, 0.15) is 0 Å². The van der Waals surface area contributed by atoms with Crippen molar-refractivity contribution in [3.05, 3.63) is 176 Å². The Kier molecular flexibility index (Phi) is 7.18. The van der Waals surface area contributed by atoms with E-state index >= 15 is 0 Å². The highest BCUT2D eigenvalue weighted by atomic mass is 15.0. The summed E-state index contributed by atoms with van der Waals surface area (Å²) in [5, 5.41) is 2.33. The van der Waals surface area contributed by atoms with Gasteiger partial charge in [-0.25, -0.2) is 15.0 Å². The highest BCUT2D eigenvalue weighted by molar-refractivity contribution is 6.03. The molecule has 0 unspecified atom stereocenters. The van der Waals surface area contributed by atoms with Crippen LogP contribution in [0.3, 0.4) is 0 Å². The van der Waals surface area contributed by atoms with Crippen LogP contribution in [-0.2, 0) is 0 Å². The third-order valence-electron chi connectivity index (χ3n) is 8.37. The van der Waals surface area contributed by atoms with Gasteiger partial charge in [0, 0.05) is 22.3 Å². The maximum atomic E-state index is 5.14. The molecule has 46 heavy (non-hydrogen) atoms. The average molecular weight is 588 g/mol. The van der Waals surface area contributed by atoms with E-state index in [1.54, 1.807) is 0 Å². The number of fused-ring (bicyclic) bond motifs is 1. The molecule has 0 amide bonds. The van der Waals surface area contributed by atoms with Crippen LogP contribution in [0.5, 0.6) is 0 Å². The van der Waals surface area contributed by atoms with Gasteiger partial charge in [0.25, 0.3) is 0 Å². The summed E-state index contributed by atoms with van der Waals surface area (Å²) in [5.74, 6) is 1.92. The first-order valence-electron chi connectivity index (χ1n) is 15.5. The van der Waals surface area contributed by atoms with E-state index in [2.05, 4.69) is 158 Å². The second-order valence-corrected chi connectivity index (χ2v) is 11.3. The van der Waals surface area contributed by atoms with Gasteiger partial charge in [0.15, 0.2) is 17.5 Å². The van der Waals surface area contributed by atoms with Crippen molar-refractivity contribution in [1.29, 1.82) is 0 Å². The van der Waals surface area contributed by atoms with Crippen LogP contribution in [0.2, 0.25) is 0 Å². The minimum absolute atomic E-state index is 0.638. The first kappa shape index (κ1) is 27.4. The van der Waals surface area contributed by atoms with E-state index in [4.69, 9.17) is 15.0 Å². The van der Waals surface area contributed by atoms with Crippen molar-refractivity contribution in [2.75, 3.05) is 0 Å². The summed E-state index contributed by atoms with van der Waals surface area (Å²) in [5.41, 5.74) is 9.73. The van der Waals surface area contributed by atoms with Gasteiger partial charge in [-0.05, 0) is 44.7 Å². The van der Waals surface area contributed by atoms with Gasteiger partial charge >= 0.3 is 0 Å². The summed E-state index contributed by atoms with van der Waals surface area (Å²) in [4.78, 5) is 15.3. The van der Waals surface area contributed by atoms with Crippen molar-refractivity contribution in [2.45, 2.75) is 0 Å². The molecule has 0 atom stereocenters. The molecular weight excluding hydrogens is 558 g/mol. The Morgan fingerprint density at radius 1 is 0.261 bits per heavy atom. The lowest BCUT2D eigenvalue weighted by atomic mass is 9.93. The Labute approximate surface area is 268 Å². The van der Waals surface area contributed by atoms with E-state index in [-0.39, 0.29) is 0 Å². The lowest BCUT2D eigenvalue weighted by Gasteiger charge is -2.15. The van der Waals surface area contributed by atoms with Crippen molar-refractivity contribution < 1.29 is 0 Å². The molecule has 7 aromatic carbocycles. The van der Waals surface area contributed by atoms with Gasteiger partial charge in [-0.1, -0.05) is 170 Å². The fraction of sp³-hybridized carbons (Fsp3) is 0. The van der Waals surface area contributed by atoms with Crippen LogP contribution in [0.4, 0.5) is 0 Å². The van der Waals surface area contributed by atoms with E-state index in [1.807, 2.05) is 18.2 Å². The van der Waals surface area contributed by atoms with Gasteiger partial charge < -0.3 is 0 Å². The van der Waals surface area contributed by atoms with Gasteiger partial charge in [0.1, 0.15) is 0 Å². The standard InChI is InChI=1S/C43H29N3/c1-4-12-30(13-5-1)32-20-24-36(25-21-32)41-44-42(37-26-22-33(23-27-37)31-14-6-2-7-15-31)46-43(45-41)39-29-28-34-16-10-11-19-38(34)40(39)35-17-8-3-9-18-35/h1-29H. The fourth-order valence-corrected chi connectivity index (χ4v) is 6.01. The van der Waals surface area contributed by atoms with Crippen molar-refractivity contribution >= 4 is 10.8 Å². The molecule has 3 heteroatoms. The molecule has 0 aliphatic rings. The molecule has 1 heterocycles. The van der Waals surface area contributed by atoms with Crippen LogP contribution >= 0.6 is 0 Å². The monoisotopic (exact) mass is 587 g/mol. The summed E-state index contributed by atoms with van der Waals surface area (Å²) in [6, 6.07) is 61.0. The van der Waals surface area contributed by atoms with Crippen molar-refractivity contribution in [2.24, 2.45) is 0 Å². The molecule has 0 saturated heterocycles. The molecule has 1 aromatic heterocycles. The largest absolute Gasteiger partial charge is 0.208 e. The van der Waals surface area contributed by atoms with Gasteiger partial charge in [-0.3, -0.25) is 0 Å². The molecule has 0 bridgehead atoms. The zero-order chi connectivity index (χ0) is 30.7.